The number of carbonyl (C=O) groups is 1. The van der Waals surface area contributed by atoms with Gasteiger partial charge in [0.2, 0.25) is 0 Å². The molecule has 5 heteroatoms. The Morgan fingerprint density at radius 3 is 1.76 bits per heavy atom. The first-order valence-electron chi connectivity index (χ1n) is 9.31. The summed E-state index contributed by atoms with van der Waals surface area (Å²) in [6.45, 7) is -0.121. The minimum Gasteiger partial charge on any atom is -0.484 e. The van der Waals surface area contributed by atoms with Crippen LogP contribution < -0.4 is 16.0 Å². The minimum absolute atomic E-state index is 0.121. The number of carbonyl (C=O) groups excluding carboxylic acids is 1. The number of hydrogen-bond donors (Lipinski definition) is 2. The maximum atomic E-state index is 11.3. The molecule has 0 aliphatic heterocycles. The standard InChI is InChI=1S/C24H21N3O2/c25-26-24(28)17-29-21-13-11-20(12-14-21)27-22(18-7-3-1-4-8-18)15-16-23(27)19-9-5-2-6-10-19/h1-16H,17,25H2,(H,26,28). The molecule has 0 atom stereocenters. The van der Waals surface area contributed by atoms with Crippen molar-refractivity contribution in [3.8, 4) is 34.0 Å². The second kappa shape index (κ2) is 8.46. The Balaban J connectivity index is 1.75. The number of nitrogens with two attached hydrogens (primary N) is 1. The van der Waals surface area contributed by atoms with Crippen LogP contribution in [0.3, 0.4) is 0 Å². The maximum Gasteiger partial charge on any atom is 0.271 e. The van der Waals surface area contributed by atoms with Gasteiger partial charge in [-0.25, -0.2) is 5.84 Å². The van der Waals surface area contributed by atoms with E-state index in [0.29, 0.717) is 5.75 Å². The lowest BCUT2D eigenvalue weighted by molar-refractivity contribution is -0.123. The first kappa shape index (κ1) is 18.5. The highest BCUT2D eigenvalue weighted by atomic mass is 16.5. The summed E-state index contributed by atoms with van der Waals surface area (Å²) in [7, 11) is 0. The van der Waals surface area contributed by atoms with Crippen molar-refractivity contribution in [3.05, 3.63) is 97.1 Å². The van der Waals surface area contributed by atoms with Crippen molar-refractivity contribution in [3.63, 3.8) is 0 Å². The Kier molecular flexibility index (Phi) is 5.40. The fraction of sp³-hybridized carbons (Fsp3) is 0.0417. The molecule has 0 radical (unpaired) electrons. The molecule has 4 rings (SSSR count). The van der Waals surface area contributed by atoms with Gasteiger partial charge in [0, 0.05) is 5.69 Å². The average molecular weight is 383 g/mol. The van der Waals surface area contributed by atoms with Crippen LogP contribution in [0.25, 0.3) is 28.2 Å². The van der Waals surface area contributed by atoms with E-state index in [-0.39, 0.29) is 12.5 Å². The summed E-state index contributed by atoms with van der Waals surface area (Å²) in [5.41, 5.74) is 7.52. The molecule has 0 saturated heterocycles. The van der Waals surface area contributed by atoms with E-state index in [2.05, 4.69) is 46.4 Å². The predicted octanol–water partition coefficient (Wildman–Crippen LogP) is 4.18. The van der Waals surface area contributed by atoms with E-state index in [0.717, 1.165) is 28.2 Å². The van der Waals surface area contributed by atoms with Crippen LogP contribution in [0.4, 0.5) is 0 Å². The maximum absolute atomic E-state index is 11.3. The Labute approximate surface area is 169 Å². The Bertz CT molecular complexity index is 1030. The summed E-state index contributed by atoms with van der Waals surface area (Å²) < 4.78 is 7.68. The molecular formula is C24H21N3O2. The van der Waals surface area contributed by atoms with Crippen LogP contribution in [-0.2, 0) is 4.79 Å². The molecular weight excluding hydrogens is 362 g/mol. The largest absolute Gasteiger partial charge is 0.484 e. The lowest BCUT2D eigenvalue weighted by Gasteiger charge is -2.15. The molecule has 5 nitrogen and oxygen atoms in total. The molecule has 1 amide bonds. The normalized spacial score (nSPS) is 10.5. The van der Waals surface area contributed by atoms with Crippen LogP contribution in [0.2, 0.25) is 0 Å². The number of rotatable bonds is 6. The number of hydrogen-bond acceptors (Lipinski definition) is 3. The van der Waals surface area contributed by atoms with Crippen molar-refractivity contribution in [2.45, 2.75) is 0 Å². The van der Waals surface area contributed by atoms with Gasteiger partial charge >= 0.3 is 0 Å². The van der Waals surface area contributed by atoms with E-state index in [1.165, 1.54) is 0 Å². The number of nitrogens with zero attached hydrogens (tertiary/aromatic N) is 1. The van der Waals surface area contributed by atoms with E-state index in [4.69, 9.17) is 10.6 Å². The number of amides is 1. The molecule has 0 unspecified atom stereocenters. The summed E-state index contributed by atoms with van der Waals surface area (Å²) in [6.07, 6.45) is 0. The minimum atomic E-state index is -0.378. The fourth-order valence-corrected chi connectivity index (χ4v) is 3.27. The van der Waals surface area contributed by atoms with Gasteiger partial charge in [-0.2, -0.15) is 0 Å². The molecule has 0 saturated carbocycles. The van der Waals surface area contributed by atoms with Gasteiger partial charge in [0.25, 0.3) is 5.91 Å². The van der Waals surface area contributed by atoms with E-state index < -0.39 is 0 Å². The highest BCUT2D eigenvalue weighted by Gasteiger charge is 2.13. The van der Waals surface area contributed by atoms with Gasteiger partial charge in [-0.1, -0.05) is 60.7 Å². The molecule has 1 aromatic heterocycles. The summed E-state index contributed by atoms with van der Waals surface area (Å²) >= 11 is 0. The quantitative estimate of drug-likeness (QED) is 0.298. The molecule has 3 N–H and O–H groups in total. The topological polar surface area (TPSA) is 69.3 Å². The zero-order valence-corrected chi connectivity index (χ0v) is 15.8. The summed E-state index contributed by atoms with van der Waals surface area (Å²) in [5, 5.41) is 0. The third kappa shape index (κ3) is 4.05. The first-order chi connectivity index (χ1) is 14.3. The monoisotopic (exact) mass is 383 g/mol. The third-order valence-corrected chi connectivity index (χ3v) is 4.65. The van der Waals surface area contributed by atoms with Gasteiger partial charge in [-0.3, -0.25) is 10.2 Å². The summed E-state index contributed by atoms with van der Waals surface area (Å²) in [5.74, 6) is 5.31. The SMILES string of the molecule is NNC(=O)COc1ccc(-n2c(-c3ccccc3)ccc2-c2ccccc2)cc1. The van der Waals surface area contributed by atoms with E-state index in [1.54, 1.807) is 0 Å². The molecule has 3 aromatic carbocycles. The lowest BCUT2D eigenvalue weighted by Crippen LogP contribution is -2.34. The summed E-state index contributed by atoms with van der Waals surface area (Å²) in [4.78, 5) is 11.3. The second-order valence-corrected chi connectivity index (χ2v) is 6.52. The van der Waals surface area contributed by atoms with Crippen molar-refractivity contribution in [1.82, 2.24) is 9.99 Å². The van der Waals surface area contributed by atoms with Crippen LogP contribution in [0.1, 0.15) is 0 Å². The van der Waals surface area contributed by atoms with Crippen molar-refractivity contribution in [2.75, 3.05) is 6.61 Å². The van der Waals surface area contributed by atoms with E-state index in [1.807, 2.05) is 60.7 Å². The number of benzene rings is 3. The molecule has 0 fully saturated rings. The molecule has 0 aliphatic carbocycles. The third-order valence-electron chi connectivity index (χ3n) is 4.65. The molecule has 144 valence electrons. The lowest BCUT2D eigenvalue weighted by atomic mass is 10.1. The molecule has 1 heterocycles. The number of nitrogens with one attached hydrogen (secondary N) is 1. The predicted molar refractivity (Wildman–Crippen MR) is 114 cm³/mol. The van der Waals surface area contributed by atoms with Crippen molar-refractivity contribution >= 4 is 5.91 Å². The number of hydrazine groups is 1. The van der Waals surface area contributed by atoms with Crippen LogP contribution in [0.5, 0.6) is 5.75 Å². The smallest absolute Gasteiger partial charge is 0.271 e. The molecule has 0 spiro atoms. The number of aromatic nitrogens is 1. The van der Waals surface area contributed by atoms with Gasteiger partial charge in [-0.15, -0.1) is 0 Å². The number of ether oxygens (including phenoxy) is 1. The van der Waals surface area contributed by atoms with Crippen LogP contribution in [0, 0.1) is 0 Å². The van der Waals surface area contributed by atoms with Gasteiger partial charge < -0.3 is 9.30 Å². The van der Waals surface area contributed by atoms with E-state index in [9.17, 15) is 4.79 Å². The fourth-order valence-electron chi connectivity index (χ4n) is 3.27. The molecule has 0 bridgehead atoms. The van der Waals surface area contributed by atoms with Crippen molar-refractivity contribution in [1.29, 1.82) is 0 Å². The Hall–Kier alpha value is -3.83. The molecule has 29 heavy (non-hydrogen) atoms. The highest BCUT2D eigenvalue weighted by Crippen LogP contribution is 2.32. The molecule has 4 aromatic rings. The van der Waals surface area contributed by atoms with Gasteiger partial charge in [0.1, 0.15) is 5.75 Å². The Morgan fingerprint density at radius 2 is 1.28 bits per heavy atom. The van der Waals surface area contributed by atoms with E-state index >= 15 is 0 Å². The van der Waals surface area contributed by atoms with Gasteiger partial charge in [0.15, 0.2) is 6.61 Å². The van der Waals surface area contributed by atoms with Crippen LogP contribution >= 0.6 is 0 Å². The second-order valence-electron chi connectivity index (χ2n) is 6.52. The zero-order valence-electron chi connectivity index (χ0n) is 15.8. The van der Waals surface area contributed by atoms with Gasteiger partial charge in [0.05, 0.1) is 11.4 Å². The average Bonchev–Trinajstić information content (AvgIpc) is 3.24. The summed E-state index contributed by atoms with van der Waals surface area (Å²) in [6, 6.07) is 32.5. The first-order valence-corrected chi connectivity index (χ1v) is 9.31. The van der Waals surface area contributed by atoms with Crippen LogP contribution in [-0.4, -0.2) is 17.1 Å². The Morgan fingerprint density at radius 1 is 0.759 bits per heavy atom. The molecule has 0 aliphatic rings. The van der Waals surface area contributed by atoms with Crippen LogP contribution in [0.15, 0.2) is 97.1 Å². The van der Waals surface area contributed by atoms with Crippen molar-refractivity contribution in [2.24, 2.45) is 5.84 Å². The zero-order chi connectivity index (χ0) is 20.1. The van der Waals surface area contributed by atoms with Crippen molar-refractivity contribution < 1.29 is 9.53 Å². The highest BCUT2D eigenvalue weighted by molar-refractivity contribution is 5.77. The van der Waals surface area contributed by atoms with Gasteiger partial charge in [-0.05, 0) is 47.5 Å².